The van der Waals surface area contributed by atoms with Gasteiger partial charge in [0.25, 0.3) is 5.91 Å². The maximum atomic E-state index is 14.0. The number of benzene rings is 1. The second-order valence-corrected chi connectivity index (χ2v) is 9.90. The molecule has 0 spiro atoms. The van der Waals surface area contributed by atoms with E-state index in [1.54, 1.807) is 24.3 Å². The molecule has 4 rings (SSSR count). The summed E-state index contributed by atoms with van der Waals surface area (Å²) in [4.78, 5) is 19.3. The van der Waals surface area contributed by atoms with Crippen LogP contribution in [0.25, 0.3) is 21.3 Å². The Hall–Kier alpha value is -2.27. The van der Waals surface area contributed by atoms with E-state index in [0.717, 1.165) is 35.0 Å². The quantitative estimate of drug-likeness (QED) is 0.607. The van der Waals surface area contributed by atoms with Gasteiger partial charge in [-0.2, -0.15) is 0 Å². The van der Waals surface area contributed by atoms with Crippen molar-refractivity contribution in [2.24, 2.45) is 17.1 Å². The normalized spacial score (nSPS) is 17.0. The van der Waals surface area contributed by atoms with Gasteiger partial charge in [0.2, 0.25) is 0 Å². The van der Waals surface area contributed by atoms with Crippen molar-refractivity contribution in [2.75, 3.05) is 0 Å². The number of fused-ring (bicyclic) bond motifs is 3. The van der Waals surface area contributed by atoms with E-state index >= 15 is 0 Å². The second kappa shape index (κ2) is 6.66. The van der Waals surface area contributed by atoms with Gasteiger partial charge in [-0.15, -0.1) is 11.3 Å². The number of nitrogens with zero attached hydrogens (tertiary/aromatic N) is 1. The van der Waals surface area contributed by atoms with E-state index in [2.05, 4.69) is 20.8 Å². The standard InChI is InChI=1S/C23H25FN2OS/c1-12-18(21(25)27)19(13-6-5-7-15(24)10-13)20-16-9-8-14(23(2,3)4)11-17(16)28-22(20)26-12/h5-7,10,14H,8-9,11H2,1-4H3,(H2,25,27). The van der Waals surface area contributed by atoms with Crippen molar-refractivity contribution < 1.29 is 9.18 Å². The molecule has 0 saturated heterocycles. The van der Waals surface area contributed by atoms with Gasteiger partial charge in [0.15, 0.2) is 0 Å². The summed E-state index contributed by atoms with van der Waals surface area (Å²) in [7, 11) is 0. The van der Waals surface area contributed by atoms with Crippen molar-refractivity contribution in [3.8, 4) is 11.1 Å². The minimum atomic E-state index is -0.519. The van der Waals surface area contributed by atoms with E-state index < -0.39 is 5.91 Å². The Morgan fingerprint density at radius 3 is 2.71 bits per heavy atom. The summed E-state index contributed by atoms with van der Waals surface area (Å²) in [6, 6.07) is 6.40. The zero-order chi connectivity index (χ0) is 20.2. The Balaban J connectivity index is 2.02. The highest BCUT2D eigenvalue weighted by Crippen LogP contribution is 2.46. The lowest BCUT2D eigenvalue weighted by Crippen LogP contribution is -2.26. The van der Waals surface area contributed by atoms with Gasteiger partial charge in [-0.1, -0.05) is 32.9 Å². The van der Waals surface area contributed by atoms with Crippen molar-refractivity contribution in [1.29, 1.82) is 0 Å². The molecule has 1 aliphatic carbocycles. The SMILES string of the molecule is Cc1nc2sc3c(c2c(-c2cccc(F)c2)c1C(N)=O)CCC(C(C)(C)C)C3. The number of hydrogen-bond donors (Lipinski definition) is 1. The number of aryl methyl sites for hydroxylation is 2. The van der Waals surface area contributed by atoms with Gasteiger partial charge in [0.1, 0.15) is 10.6 Å². The Morgan fingerprint density at radius 1 is 1.32 bits per heavy atom. The molecular formula is C23H25FN2OS. The van der Waals surface area contributed by atoms with Crippen LogP contribution in [0.2, 0.25) is 0 Å². The van der Waals surface area contributed by atoms with Crippen LogP contribution in [-0.2, 0) is 12.8 Å². The predicted octanol–water partition coefficient (Wildman–Crippen LogP) is 5.66. The molecule has 1 amide bonds. The number of carbonyl (C=O) groups is 1. The van der Waals surface area contributed by atoms with Crippen molar-refractivity contribution in [1.82, 2.24) is 4.98 Å². The first kappa shape index (κ1) is 19.1. The van der Waals surface area contributed by atoms with Gasteiger partial charge in [-0.3, -0.25) is 4.79 Å². The lowest BCUT2D eigenvalue weighted by atomic mass is 9.72. The van der Waals surface area contributed by atoms with Gasteiger partial charge < -0.3 is 5.73 Å². The van der Waals surface area contributed by atoms with E-state index in [1.807, 2.05) is 6.07 Å². The van der Waals surface area contributed by atoms with Gasteiger partial charge in [0.05, 0.1) is 11.3 Å². The third kappa shape index (κ3) is 3.12. The molecule has 0 saturated carbocycles. The van der Waals surface area contributed by atoms with Crippen molar-refractivity contribution in [3.63, 3.8) is 0 Å². The van der Waals surface area contributed by atoms with Crippen LogP contribution in [0.3, 0.4) is 0 Å². The Morgan fingerprint density at radius 2 is 2.07 bits per heavy atom. The highest BCUT2D eigenvalue weighted by atomic mass is 32.1. The highest BCUT2D eigenvalue weighted by molar-refractivity contribution is 7.19. The van der Waals surface area contributed by atoms with Gasteiger partial charge in [-0.05, 0) is 60.8 Å². The molecular weight excluding hydrogens is 371 g/mol. The number of rotatable bonds is 2. The molecule has 2 N–H and O–H groups in total. The van der Waals surface area contributed by atoms with E-state index in [9.17, 15) is 9.18 Å². The van der Waals surface area contributed by atoms with Gasteiger partial charge in [-0.25, -0.2) is 9.37 Å². The molecule has 146 valence electrons. The topological polar surface area (TPSA) is 56.0 Å². The van der Waals surface area contributed by atoms with Crippen LogP contribution >= 0.6 is 11.3 Å². The second-order valence-electron chi connectivity index (χ2n) is 8.81. The first-order valence-corrected chi connectivity index (χ1v) is 10.5. The predicted molar refractivity (Wildman–Crippen MR) is 113 cm³/mol. The number of nitrogens with two attached hydrogens (primary N) is 1. The zero-order valence-corrected chi connectivity index (χ0v) is 17.5. The van der Waals surface area contributed by atoms with Crippen LogP contribution in [0.4, 0.5) is 4.39 Å². The van der Waals surface area contributed by atoms with Gasteiger partial charge >= 0.3 is 0 Å². The smallest absolute Gasteiger partial charge is 0.251 e. The number of primary amides is 1. The average molecular weight is 397 g/mol. The largest absolute Gasteiger partial charge is 0.366 e. The third-order valence-corrected chi connectivity index (χ3v) is 7.11. The lowest BCUT2D eigenvalue weighted by molar-refractivity contribution is 0.1000. The maximum absolute atomic E-state index is 14.0. The van der Waals surface area contributed by atoms with Crippen LogP contribution < -0.4 is 5.73 Å². The highest BCUT2D eigenvalue weighted by Gasteiger charge is 2.32. The van der Waals surface area contributed by atoms with Gasteiger partial charge in [0, 0.05) is 15.8 Å². The minimum absolute atomic E-state index is 0.251. The monoisotopic (exact) mass is 396 g/mol. The number of amides is 1. The van der Waals surface area contributed by atoms with E-state index in [-0.39, 0.29) is 11.2 Å². The fourth-order valence-electron chi connectivity index (χ4n) is 4.40. The Labute approximate surface area is 168 Å². The molecule has 1 aromatic carbocycles. The molecule has 0 bridgehead atoms. The molecule has 1 atom stereocenters. The van der Waals surface area contributed by atoms with E-state index in [4.69, 9.17) is 10.7 Å². The Bertz CT molecular complexity index is 1090. The molecule has 3 aromatic rings. The van der Waals surface area contributed by atoms with Crippen LogP contribution in [-0.4, -0.2) is 10.9 Å². The first-order valence-electron chi connectivity index (χ1n) is 9.67. The number of aromatic nitrogens is 1. The summed E-state index contributed by atoms with van der Waals surface area (Å²) >= 11 is 1.71. The molecule has 28 heavy (non-hydrogen) atoms. The summed E-state index contributed by atoms with van der Waals surface area (Å²) in [5.74, 6) is -0.232. The summed E-state index contributed by atoms with van der Waals surface area (Å²) in [6.07, 6.45) is 3.07. The fraction of sp³-hybridized carbons (Fsp3) is 0.391. The summed E-state index contributed by atoms with van der Waals surface area (Å²) in [5, 5.41) is 0.984. The average Bonchev–Trinajstić information content (AvgIpc) is 2.96. The van der Waals surface area contributed by atoms with Crippen LogP contribution in [0.15, 0.2) is 24.3 Å². The van der Waals surface area contributed by atoms with E-state index in [0.29, 0.717) is 22.7 Å². The molecule has 5 heteroatoms. The summed E-state index contributed by atoms with van der Waals surface area (Å²) < 4.78 is 14.0. The number of halogens is 1. The van der Waals surface area contributed by atoms with Crippen molar-refractivity contribution in [2.45, 2.75) is 47.0 Å². The molecule has 1 unspecified atom stereocenters. The lowest BCUT2D eigenvalue weighted by Gasteiger charge is -2.33. The Kier molecular flexibility index (Phi) is 4.53. The molecule has 0 radical (unpaired) electrons. The number of hydrogen-bond acceptors (Lipinski definition) is 3. The van der Waals surface area contributed by atoms with Crippen LogP contribution in [0.5, 0.6) is 0 Å². The summed E-state index contributed by atoms with van der Waals surface area (Å²) in [6.45, 7) is 8.68. The van der Waals surface area contributed by atoms with Crippen molar-refractivity contribution in [3.05, 3.63) is 51.8 Å². The first-order chi connectivity index (χ1) is 13.2. The molecule has 2 heterocycles. The molecule has 1 aliphatic rings. The zero-order valence-electron chi connectivity index (χ0n) is 16.7. The van der Waals surface area contributed by atoms with Crippen LogP contribution in [0.1, 0.15) is 53.7 Å². The van der Waals surface area contributed by atoms with E-state index in [1.165, 1.54) is 22.6 Å². The molecule has 2 aromatic heterocycles. The maximum Gasteiger partial charge on any atom is 0.251 e. The number of carbonyl (C=O) groups excluding carboxylic acids is 1. The number of thiophene rings is 1. The third-order valence-electron chi connectivity index (χ3n) is 5.96. The minimum Gasteiger partial charge on any atom is -0.366 e. The molecule has 0 fully saturated rings. The molecule has 0 aliphatic heterocycles. The molecule has 3 nitrogen and oxygen atoms in total. The fourth-order valence-corrected chi connectivity index (χ4v) is 5.75. The van der Waals surface area contributed by atoms with Crippen LogP contribution in [0, 0.1) is 24.1 Å². The number of pyridine rings is 1. The van der Waals surface area contributed by atoms with Crippen molar-refractivity contribution >= 4 is 27.5 Å². The summed E-state index contributed by atoms with van der Waals surface area (Å²) in [5.41, 5.74) is 9.67.